The van der Waals surface area contributed by atoms with Gasteiger partial charge in [-0.15, -0.1) is 0 Å². The molecule has 0 radical (unpaired) electrons. The molecule has 9 heavy (non-hydrogen) atoms. The lowest BCUT2D eigenvalue weighted by atomic mass is 10.2. The van der Waals surface area contributed by atoms with Crippen LogP contribution in [0.3, 0.4) is 0 Å². The van der Waals surface area contributed by atoms with Crippen molar-refractivity contribution in [2.45, 2.75) is 19.4 Å². The minimum atomic E-state index is 0.468. The molecular formula is C6H14N2O. The van der Waals surface area contributed by atoms with Crippen LogP contribution in [0.5, 0.6) is 0 Å². The molecule has 0 aromatic heterocycles. The summed E-state index contributed by atoms with van der Waals surface area (Å²) >= 11 is 0. The molecule has 0 spiro atoms. The van der Waals surface area contributed by atoms with Crippen LogP contribution in [0.15, 0.2) is 0 Å². The molecule has 1 aliphatic rings. The lowest BCUT2D eigenvalue weighted by Gasteiger charge is -2.19. The van der Waals surface area contributed by atoms with E-state index in [9.17, 15) is 0 Å². The molecule has 0 amide bonds. The maximum atomic E-state index is 5.63. The van der Waals surface area contributed by atoms with Crippen LogP contribution >= 0.6 is 0 Å². The Labute approximate surface area is 55.7 Å². The first-order valence-electron chi connectivity index (χ1n) is 3.43. The number of ether oxygens (including phenoxy) is 1. The van der Waals surface area contributed by atoms with Crippen molar-refractivity contribution < 1.29 is 4.74 Å². The van der Waals surface area contributed by atoms with Crippen LogP contribution in [0.4, 0.5) is 0 Å². The number of nitrogens with zero attached hydrogens (tertiary/aromatic N) is 1. The summed E-state index contributed by atoms with van der Waals surface area (Å²) in [5.74, 6) is 5.63. The summed E-state index contributed by atoms with van der Waals surface area (Å²) in [6.07, 6.45) is 1.09. The molecule has 0 bridgehead atoms. The SMILES string of the molecule is CCN(N)[C@H]1CCOC1. The summed E-state index contributed by atoms with van der Waals surface area (Å²) < 4.78 is 5.16. The lowest BCUT2D eigenvalue weighted by Crippen LogP contribution is -2.41. The smallest absolute Gasteiger partial charge is 0.0636 e. The van der Waals surface area contributed by atoms with E-state index in [1.165, 1.54) is 0 Å². The molecule has 0 aromatic carbocycles. The normalized spacial score (nSPS) is 27.7. The fourth-order valence-corrected chi connectivity index (χ4v) is 1.04. The Morgan fingerprint density at radius 2 is 2.56 bits per heavy atom. The Kier molecular flexibility index (Phi) is 2.45. The Bertz CT molecular complexity index is 81.1. The maximum absolute atomic E-state index is 5.63. The lowest BCUT2D eigenvalue weighted by molar-refractivity contribution is 0.148. The largest absolute Gasteiger partial charge is 0.380 e. The molecule has 3 nitrogen and oxygen atoms in total. The number of likely N-dealkylation sites (N-methyl/N-ethyl adjacent to an activating group) is 1. The third-order valence-electron chi connectivity index (χ3n) is 1.74. The van der Waals surface area contributed by atoms with Gasteiger partial charge in [-0.1, -0.05) is 6.92 Å². The summed E-state index contributed by atoms with van der Waals surface area (Å²) in [5, 5.41) is 1.84. The minimum Gasteiger partial charge on any atom is -0.380 e. The Hall–Kier alpha value is -0.120. The topological polar surface area (TPSA) is 38.5 Å². The molecule has 0 saturated carbocycles. The van der Waals surface area contributed by atoms with Crippen LogP contribution in [-0.4, -0.2) is 30.8 Å². The Balaban J connectivity index is 2.24. The van der Waals surface area contributed by atoms with Gasteiger partial charge in [0.25, 0.3) is 0 Å². The highest BCUT2D eigenvalue weighted by molar-refractivity contribution is 4.70. The van der Waals surface area contributed by atoms with E-state index in [1.54, 1.807) is 0 Å². The predicted molar refractivity (Wildman–Crippen MR) is 35.8 cm³/mol. The monoisotopic (exact) mass is 130 g/mol. The van der Waals surface area contributed by atoms with Gasteiger partial charge in [-0.3, -0.25) is 5.84 Å². The van der Waals surface area contributed by atoms with Gasteiger partial charge in [0.1, 0.15) is 0 Å². The van der Waals surface area contributed by atoms with Crippen molar-refractivity contribution in [2.24, 2.45) is 5.84 Å². The van der Waals surface area contributed by atoms with Crippen LogP contribution in [0, 0.1) is 0 Å². The molecular weight excluding hydrogens is 116 g/mol. The molecule has 2 N–H and O–H groups in total. The molecule has 1 aliphatic heterocycles. The van der Waals surface area contributed by atoms with Crippen LogP contribution < -0.4 is 5.84 Å². The first-order chi connectivity index (χ1) is 4.34. The second-order valence-electron chi connectivity index (χ2n) is 2.35. The van der Waals surface area contributed by atoms with E-state index >= 15 is 0 Å². The fraction of sp³-hybridized carbons (Fsp3) is 1.00. The fourth-order valence-electron chi connectivity index (χ4n) is 1.04. The first kappa shape index (κ1) is 6.99. The first-order valence-corrected chi connectivity index (χ1v) is 3.43. The van der Waals surface area contributed by atoms with Gasteiger partial charge in [-0.25, -0.2) is 5.01 Å². The zero-order chi connectivity index (χ0) is 6.69. The highest BCUT2D eigenvalue weighted by atomic mass is 16.5. The van der Waals surface area contributed by atoms with Gasteiger partial charge in [-0.2, -0.15) is 0 Å². The molecule has 1 atom stereocenters. The average molecular weight is 130 g/mol. The van der Waals surface area contributed by atoms with E-state index in [0.29, 0.717) is 6.04 Å². The predicted octanol–water partition coefficient (Wildman–Crippen LogP) is -0.0291. The highest BCUT2D eigenvalue weighted by Crippen LogP contribution is 2.07. The van der Waals surface area contributed by atoms with Crippen LogP contribution in [0.25, 0.3) is 0 Å². The molecule has 0 aromatic rings. The standard InChI is InChI=1S/C6H14N2O/c1-2-8(7)6-3-4-9-5-6/h6H,2-5,7H2,1H3/t6-/m0/s1. The van der Waals surface area contributed by atoms with E-state index in [0.717, 1.165) is 26.2 Å². The molecule has 1 rings (SSSR count). The Morgan fingerprint density at radius 3 is 3.00 bits per heavy atom. The molecule has 3 heteroatoms. The number of nitrogens with two attached hydrogens (primary N) is 1. The average Bonchev–Trinajstić information content (AvgIpc) is 2.37. The van der Waals surface area contributed by atoms with Crippen molar-refractivity contribution in [3.63, 3.8) is 0 Å². The zero-order valence-electron chi connectivity index (χ0n) is 5.84. The molecule has 0 unspecified atom stereocenters. The zero-order valence-corrected chi connectivity index (χ0v) is 5.84. The summed E-state index contributed by atoms with van der Waals surface area (Å²) in [4.78, 5) is 0. The molecule has 1 heterocycles. The molecule has 1 fully saturated rings. The van der Waals surface area contributed by atoms with Crippen molar-refractivity contribution in [2.75, 3.05) is 19.8 Å². The van der Waals surface area contributed by atoms with Crippen LogP contribution in [0.2, 0.25) is 0 Å². The second kappa shape index (κ2) is 3.15. The summed E-state index contributed by atoms with van der Waals surface area (Å²) in [5.41, 5.74) is 0. The van der Waals surface area contributed by atoms with Crippen molar-refractivity contribution in [1.29, 1.82) is 0 Å². The van der Waals surface area contributed by atoms with Crippen molar-refractivity contribution in [3.8, 4) is 0 Å². The van der Waals surface area contributed by atoms with Gasteiger partial charge in [0.05, 0.1) is 6.61 Å². The van der Waals surface area contributed by atoms with Gasteiger partial charge in [-0.05, 0) is 6.42 Å². The van der Waals surface area contributed by atoms with Crippen LogP contribution in [0.1, 0.15) is 13.3 Å². The van der Waals surface area contributed by atoms with Crippen molar-refractivity contribution in [1.82, 2.24) is 5.01 Å². The number of rotatable bonds is 2. The number of hydrogen-bond acceptors (Lipinski definition) is 3. The van der Waals surface area contributed by atoms with E-state index in [4.69, 9.17) is 10.6 Å². The van der Waals surface area contributed by atoms with Gasteiger partial charge in [0, 0.05) is 19.2 Å². The molecule has 54 valence electrons. The maximum Gasteiger partial charge on any atom is 0.0636 e. The molecule has 1 saturated heterocycles. The summed E-state index contributed by atoms with van der Waals surface area (Å²) in [6, 6.07) is 0.468. The Morgan fingerprint density at radius 1 is 1.78 bits per heavy atom. The van der Waals surface area contributed by atoms with Gasteiger partial charge >= 0.3 is 0 Å². The van der Waals surface area contributed by atoms with Gasteiger partial charge in [0.2, 0.25) is 0 Å². The van der Waals surface area contributed by atoms with Crippen molar-refractivity contribution in [3.05, 3.63) is 0 Å². The highest BCUT2D eigenvalue weighted by Gasteiger charge is 2.18. The van der Waals surface area contributed by atoms with Gasteiger partial charge < -0.3 is 4.74 Å². The van der Waals surface area contributed by atoms with E-state index < -0.39 is 0 Å². The number of hydrazine groups is 1. The minimum absolute atomic E-state index is 0.468. The van der Waals surface area contributed by atoms with E-state index in [2.05, 4.69) is 6.92 Å². The second-order valence-corrected chi connectivity index (χ2v) is 2.35. The van der Waals surface area contributed by atoms with Crippen molar-refractivity contribution >= 4 is 0 Å². The van der Waals surface area contributed by atoms with Crippen LogP contribution in [-0.2, 0) is 4.74 Å². The quantitative estimate of drug-likeness (QED) is 0.421. The van der Waals surface area contributed by atoms with E-state index in [1.807, 2.05) is 5.01 Å². The third-order valence-corrected chi connectivity index (χ3v) is 1.74. The van der Waals surface area contributed by atoms with Gasteiger partial charge in [0.15, 0.2) is 0 Å². The summed E-state index contributed by atoms with van der Waals surface area (Å²) in [7, 11) is 0. The summed E-state index contributed by atoms with van der Waals surface area (Å²) in [6.45, 7) is 4.65. The number of hydrogen-bond donors (Lipinski definition) is 1. The molecule has 0 aliphatic carbocycles. The van der Waals surface area contributed by atoms with E-state index in [-0.39, 0.29) is 0 Å². The third kappa shape index (κ3) is 1.64.